The van der Waals surface area contributed by atoms with E-state index in [9.17, 15) is 9.59 Å². The van der Waals surface area contributed by atoms with E-state index in [-0.39, 0.29) is 11.4 Å². The van der Waals surface area contributed by atoms with Crippen molar-refractivity contribution in [2.75, 3.05) is 45.8 Å². The summed E-state index contributed by atoms with van der Waals surface area (Å²) in [6, 6.07) is 4.02. The van der Waals surface area contributed by atoms with Crippen molar-refractivity contribution in [3.05, 3.63) is 40.1 Å². The average molecular weight is 457 g/mol. The Labute approximate surface area is 190 Å². The molecule has 0 bridgehead atoms. The topological polar surface area (TPSA) is 121 Å². The number of carbonyl (C=O) groups excluding carboxylic acids is 1. The number of ether oxygens (including phenoxy) is 3. The van der Waals surface area contributed by atoms with Crippen LogP contribution in [0, 0.1) is 6.92 Å². The summed E-state index contributed by atoms with van der Waals surface area (Å²) in [4.78, 5) is 33.5. The summed E-state index contributed by atoms with van der Waals surface area (Å²) in [6.45, 7) is 6.39. The van der Waals surface area contributed by atoms with Crippen molar-refractivity contribution < 1.29 is 23.5 Å². The lowest BCUT2D eigenvalue weighted by molar-refractivity contribution is -0.119. The van der Waals surface area contributed by atoms with Gasteiger partial charge in [-0.05, 0) is 19.9 Å². The molecule has 0 saturated carbocycles. The van der Waals surface area contributed by atoms with Crippen molar-refractivity contribution in [3.63, 3.8) is 0 Å². The van der Waals surface area contributed by atoms with Gasteiger partial charge in [0, 0.05) is 25.2 Å². The molecule has 176 valence electrons. The fraction of sp³-hybridized carbons (Fsp3) is 0.455. The number of anilines is 1. The van der Waals surface area contributed by atoms with Crippen LogP contribution in [0.5, 0.6) is 11.5 Å². The Kier molecular flexibility index (Phi) is 6.61. The van der Waals surface area contributed by atoms with Crippen LogP contribution in [-0.4, -0.2) is 66.0 Å². The fourth-order valence-electron chi connectivity index (χ4n) is 3.82. The van der Waals surface area contributed by atoms with Crippen molar-refractivity contribution in [2.24, 2.45) is 0 Å². The minimum Gasteiger partial charge on any atom is -0.493 e. The lowest BCUT2D eigenvalue weighted by atomic mass is 10.2. The van der Waals surface area contributed by atoms with Crippen LogP contribution in [0.2, 0.25) is 0 Å². The van der Waals surface area contributed by atoms with Gasteiger partial charge in [-0.25, -0.2) is 4.98 Å². The Morgan fingerprint density at radius 2 is 1.88 bits per heavy atom. The second-order valence-electron chi connectivity index (χ2n) is 7.80. The number of hydrogen-bond acceptors (Lipinski definition) is 9. The molecular weight excluding hydrogens is 430 g/mol. The quantitative estimate of drug-likeness (QED) is 0.565. The van der Waals surface area contributed by atoms with Crippen molar-refractivity contribution in [2.45, 2.75) is 26.4 Å². The summed E-state index contributed by atoms with van der Waals surface area (Å²) in [5.74, 6) is 1.80. The van der Waals surface area contributed by atoms with Crippen LogP contribution in [0.3, 0.4) is 0 Å². The maximum Gasteiger partial charge on any atom is 0.262 e. The third-order valence-electron chi connectivity index (χ3n) is 5.59. The number of rotatable bonds is 7. The summed E-state index contributed by atoms with van der Waals surface area (Å²) in [5.41, 5.74) is 0.125. The first kappa shape index (κ1) is 22.7. The number of carbonyl (C=O) groups is 1. The van der Waals surface area contributed by atoms with Gasteiger partial charge in [-0.2, -0.15) is 0 Å². The lowest BCUT2D eigenvalue weighted by Gasteiger charge is -2.28. The number of aromatic nitrogens is 3. The monoisotopic (exact) mass is 457 g/mol. The second-order valence-corrected chi connectivity index (χ2v) is 7.80. The van der Waals surface area contributed by atoms with Gasteiger partial charge in [0.1, 0.15) is 17.6 Å². The molecule has 33 heavy (non-hydrogen) atoms. The van der Waals surface area contributed by atoms with Crippen LogP contribution in [-0.2, 0) is 16.1 Å². The molecule has 1 atom stereocenters. The highest BCUT2D eigenvalue weighted by Gasteiger charge is 2.25. The first-order valence-corrected chi connectivity index (χ1v) is 10.6. The zero-order valence-corrected chi connectivity index (χ0v) is 19.1. The van der Waals surface area contributed by atoms with Crippen LogP contribution in [0.25, 0.3) is 10.9 Å². The Hall–Kier alpha value is -3.44. The summed E-state index contributed by atoms with van der Waals surface area (Å²) in [6.07, 6.45) is 0. The first-order chi connectivity index (χ1) is 15.9. The van der Waals surface area contributed by atoms with Gasteiger partial charge in [-0.3, -0.25) is 19.1 Å². The van der Waals surface area contributed by atoms with Gasteiger partial charge in [-0.15, -0.1) is 0 Å². The van der Waals surface area contributed by atoms with Gasteiger partial charge in [0.25, 0.3) is 5.56 Å². The van der Waals surface area contributed by atoms with E-state index >= 15 is 0 Å². The van der Waals surface area contributed by atoms with E-state index in [1.165, 1.54) is 18.8 Å². The second kappa shape index (κ2) is 9.59. The Balaban J connectivity index is 1.79. The first-order valence-electron chi connectivity index (χ1n) is 10.6. The van der Waals surface area contributed by atoms with E-state index in [1.807, 2.05) is 0 Å². The highest BCUT2D eigenvalue weighted by molar-refractivity contribution is 5.93. The molecule has 0 radical (unpaired) electrons. The number of morpholine rings is 1. The third-order valence-corrected chi connectivity index (χ3v) is 5.59. The van der Waals surface area contributed by atoms with Crippen LogP contribution in [0.1, 0.15) is 24.6 Å². The third kappa shape index (κ3) is 4.69. The summed E-state index contributed by atoms with van der Waals surface area (Å²) in [5, 5.41) is 6.83. The normalized spacial score (nSPS) is 15.4. The van der Waals surface area contributed by atoms with Gasteiger partial charge in [0.2, 0.25) is 5.91 Å². The number of aryl methyl sites for hydroxylation is 1. The minimum absolute atomic E-state index is 0.285. The molecule has 0 aliphatic carbocycles. The van der Waals surface area contributed by atoms with Crippen LogP contribution in [0.4, 0.5) is 5.82 Å². The van der Waals surface area contributed by atoms with Crippen LogP contribution >= 0.6 is 0 Å². The molecule has 1 aromatic carbocycles. The Morgan fingerprint density at radius 3 is 2.52 bits per heavy atom. The van der Waals surface area contributed by atoms with Gasteiger partial charge in [0.05, 0.1) is 44.9 Å². The highest BCUT2D eigenvalue weighted by Crippen LogP contribution is 2.30. The summed E-state index contributed by atoms with van der Waals surface area (Å²) in [7, 11) is 3.02. The van der Waals surface area contributed by atoms with Gasteiger partial charge < -0.3 is 24.1 Å². The largest absolute Gasteiger partial charge is 0.493 e. The molecule has 1 saturated heterocycles. The maximum absolute atomic E-state index is 13.6. The molecule has 1 amide bonds. The molecule has 1 aliphatic heterocycles. The number of fused-ring (bicyclic) bond motifs is 1. The molecule has 0 unspecified atom stereocenters. The number of nitrogens with one attached hydrogen (secondary N) is 1. The molecule has 3 aromatic rings. The van der Waals surface area contributed by atoms with Crippen LogP contribution in [0.15, 0.2) is 27.5 Å². The summed E-state index contributed by atoms with van der Waals surface area (Å²) < 4.78 is 22.6. The predicted octanol–water partition coefficient (Wildman–Crippen LogP) is 1.74. The molecular formula is C22H27N5O6. The van der Waals surface area contributed by atoms with E-state index in [1.54, 1.807) is 32.0 Å². The maximum atomic E-state index is 13.6. The van der Waals surface area contributed by atoms with E-state index in [4.69, 9.17) is 23.7 Å². The molecule has 0 spiro atoms. The van der Waals surface area contributed by atoms with Crippen molar-refractivity contribution in [1.29, 1.82) is 0 Å². The van der Waals surface area contributed by atoms with E-state index < -0.39 is 11.9 Å². The molecule has 1 N–H and O–H groups in total. The standard InChI is InChI=1S/C22H27N5O6/c1-13-9-19(25-33-13)24-21(28)14(2)27-20(12-26-5-7-32-8-6-26)23-16-11-18(31-4)17(30-3)10-15(16)22(27)29/h9-11,14H,5-8,12H2,1-4H3,(H,24,25,28)/t14-/m0/s1. The number of benzene rings is 1. The summed E-state index contributed by atoms with van der Waals surface area (Å²) >= 11 is 0. The molecule has 11 heteroatoms. The molecule has 4 rings (SSSR count). The van der Waals surface area contributed by atoms with Gasteiger partial charge in [-0.1, -0.05) is 5.16 Å². The zero-order chi connectivity index (χ0) is 23.5. The van der Waals surface area contributed by atoms with E-state index in [2.05, 4.69) is 15.4 Å². The van der Waals surface area contributed by atoms with Gasteiger partial charge in [0.15, 0.2) is 17.3 Å². The zero-order valence-electron chi connectivity index (χ0n) is 19.1. The lowest BCUT2D eigenvalue weighted by Crippen LogP contribution is -2.40. The average Bonchev–Trinajstić information content (AvgIpc) is 3.23. The number of amides is 1. The molecule has 2 aromatic heterocycles. The van der Waals surface area contributed by atoms with Gasteiger partial charge >= 0.3 is 0 Å². The van der Waals surface area contributed by atoms with E-state index in [0.29, 0.717) is 66.8 Å². The SMILES string of the molecule is COc1cc2nc(CN3CCOCC3)n([C@@H](C)C(=O)Nc3cc(C)on3)c(=O)c2cc1OC. The molecule has 1 fully saturated rings. The number of hydrogen-bond donors (Lipinski definition) is 1. The smallest absolute Gasteiger partial charge is 0.262 e. The van der Waals surface area contributed by atoms with Crippen LogP contribution < -0.4 is 20.3 Å². The highest BCUT2D eigenvalue weighted by atomic mass is 16.5. The van der Waals surface area contributed by atoms with Crippen molar-refractivity contribution in [1.82, 2.24) is 19.6 Å². The number of nitrogens with zero attached hydrogens (tertiary/aromatic N) is 4. The Bertz CT molecular complexity index is 1210. The molecule has 11 nitrogen and oxygen atoms in total. The number of methoxy groups -OCH3 is 2. The van der Waals surface area contributed by atoms with E-state index in [0.717, 1.165) is 0 Å². The predicted molar refractivity (Wildman–Crippen MR) is 120 cm³/mol. The van der Waals surface area contributed by atoms with Crippen molar-refractivity contribution in [3.8, 4) is 11.5 Å². The molecule has 3 heterocycles. The molecule has 1 aliphatic rings. The van der Waals surface area contributed by atoms with Crippen molar-refractivity contribution >= 4 is 22.6 Å². The Morgan fingerprint density at radius 1 is 1.18 bits per heavy atom. The minimum atomic E-state index is -0.851. The fourth-order valence-corrected chi connectivity index (χ4v) is 3.82.